The van der Waals surface area contributed by atoms with Crippen molar-refractivity contribution in [2.45, 2.75) is 33.0 Å². The van der Waals surface area contributed by atoms with Crippen LogP contribution in [0.4, 0.5) is 0 Å². The fraction of sp³-hybridized carbons (Fsp3) is 0.294. The fourth-order valence-electron chi connectivity index (χ4n) is 1.39. The molecule has 0 saturated carbocycles. The van der Waals surface area contributed by atoms with Gasteiger partial charge < -0.3 is 0 Å². The van der Waals surface area contributed by atoms with E-state index in [0.717, 1.165) is 0 Å². The summed E-state index contributed by atoms with van der Waals surface area (Å²) in [4.78, 5) is 0. The minimum atomic E-state index is -2.85. The van der Waals surface area contributed by atoms with Crippen molar-refractivity contribution in [3.05, 3.63) is 57.9 Å². The van der Waals surface area contributed by atoms with Gasteiger partial charge in [0.1, 0.15) is 0 Å². The molecule has 0 bridgehead atoms. The van der Waals surface area contributed by atoms with E-state index >= 15 is 0 Å². The van der Waals surface area contributed by atoms with Gasteiger partial charge in [0.15, 0.2) is 0 Å². The predicted octanol–water partition coefficient (Wildman–Crippen LogP) is 5.72. The van der Waals surface area contributed by atoms with Crippen LogP contribution in [0.15, 0.2) is 46.8 Å². The summed E-state index contributed by atoms with van der Waals surface area (Å²) in [6.45, 7) is 2.26. The summed E-state index contributed by atoms with van der Waals surface area (Å²) in [6.07, 6.45) is 0. The second kappa shape index (κ2) is 4.89. The highest BCUT2D eigenvalue weighted by Crippen LogP contribution is 2.29. The second-order valence-electron chi connectivity index (χ2n) is 4.94. The normalized spacial score (nSPS) is 20.2. The highest BCUT2D eigenvalue weighted by molar-refractivity contribution is 9.10. The Kier molecular flexibility index (Phi) is 1.49. The Hall–Kier alpha value is -1.08. The lowest BCUT2D eigenvalue weighted by molar-refractivity contribution is 0.590. The first kappa shape index (κ1) is 5.50. The summed E-state index contributed by atoms with van der Waals surface area (Å²) >= 11 is 2.98. The van der Waals surface area contributed by atoms with E-state index in [9.17, 15) is 0 Å². The van der Waals surface area contributed by atoms with E-state index < -0.39 is 65.2 Å². The first-order valence-corrected chi connectivity index (χ1v) is 6.23. The second-order valence-corrected chi connectivity index (χ2v) is 5.73. The highest BCUT2D eigenvalue weighted by Gasteiger charge is 2.14. The molecule has 0 aliphatic rings. The third-order valence-corrected chi connectivity index (χ3v) is 2.80. The Morgan fingerprint density at radius 1 is 1.06 bits per heavy atom. The number of halogens is 1. The van der Waals surface area contributed by atoms with E-state index in [1.54, 1.807) is 20.8 Å². The molecule has 0 atom stereocenters. The Labute approximate surface area is 132 Å². The van der Waals surface area contributed by atoms with Crippen molar-refractivity contribution >= 4 is 15.9 Å². The standard InChI is InChI=1S/C17H19Br/c1-12-11-14(17(2,3)4)7-10-16(12)13-5-8-15(18)9-6-13/h5-11H,1-4H3/i1D3,5D,6D,7D,8D,9D,10D,11D. The molecular weight excluding hydrogens is 284 g/mol. The van der Waals surface area contributed by atoms with Gasteiger partial charge in [0.25, 0.3) is 0 Å². The van der Waals surface area contributed by atoms with E-state index in [1.165, 1.54) is 0 Å². The molecule has 0 spiro atoms. The molecule has 0 fully saturated rings. The molecule has 0 heterocycles. The van der Waals surface area contributed by atoms with Gasteiger partial charge in [0.2, 0.25) is 0 Å². The first-order chi connectivity index (χ1) is 12.5. The van der Waals surface area contributed by atoms with Crippen LogP contribution in [-0.4, -0.2) is 0 Å². The average molecular weight is 313 g/mol. The van der Waals surface area contributed by atoms with Crippen LogP contribution in [0.1, 0.15) is 45.6 Å². The van der Waals surface area contributed by atoms with Crippen molar-refractivity contribution in [3.63, 3.8) is 0 Å². The molecule has 0 saturated heterocycles. The Morgan fingerprint density at radius 2 is 1.72 bits per heavy atom. The lowest BCUT2D eigenvalue weighted by Crippen LogP contribution is -2.11. The Balaban J connectivity index is 3.20. The van der Waals surface area contributed by atoms with Crippen LogP contribution in [0.5, 0.6) is 0 Å². The number of hydrogen-bond donors (Lipinski definition) is 0. The maximum absolute atomic E-state index is 8.49. The van der Waals surface area contributed by atoms with Crippen LogP contribution >= 0.6 is 15.9 Å². The van der Waals surface area contributed by atoms with Crippen molar-refractivity contribution in [2.24, 2.45) is 0 Å². The topological polar surface area (TPSA) is 0 Å². The van der Waals surface area contributed by atoms with Crippen LogP contribution < -0.4 is 0 Å². The summed E-state index contributed by atoms with van der Waals surface area (Å²) < 4.78 is 81.3. The molecule has 0 nitrogen and oxygen atoms in total. The van der Waals surface area contributed by atoms with E-state index in [1.807, 2.05) is 0 Å². The molecule has 0 N–H and O–H groups in total. The average Bonchev–Trinajstić information content (AvgIpc) is 2.53. The summed E-state index contributed by atoms with van der Waals surface area (Å²) in [5.41, 5.74) is -2.05. The largest absolute Gasteiger partial charge is 0.0635 e. The lowest BCUT2D eigenvalue weighted by atomic mass is 9.84. The van der Waals surface area contributed by atoms with E-state index in [4.69, 9.17) is 13.7 Å². The fourth-order valence-corrected chi connectivity index (χ4v) is 1.59. The molecule has 0 unspecified atom stereocenters. The number of hydrogen-bond acceptors (Lipinski definition) is 0. The number of benzene rings is 2. The summed E-state index contributed by atoms with van der Waals surface area (Å²) in [5.74, 6) is 0. The van der Waals surface area contributed by atoms with Crippen LogP contribution in [-0.2, 0) is 5.41 Å². The zero-order chi connectivity index (χ0) is 21.9. The molecule has 1 heteroatoms. The predicted molar refractivity (Wildman–Crippen MR) is 83.0 cm³/mol. The highest BCUT2D eigenvalue weighted by atomic mass is 79.9. The van der Waals surface area contributed by atoms with E-state index in [0.29, 0.717) is 0 Å². The zero-order valence-corrected chi connectivity index (χ0v) is 12.0. The van der Waals surface area contributed by atoms with Crippen molar-refractivity contribution in [1.29, 1.82) is 0 Å². The van der Waals surface area contributed by atoms with Gasteiger partial charge in [-0.3, -0.25) is 0 Å². The minimum Gasteiger partial charge on any atom is -0.0579 e. The monoisotopic (exact) mass is 312 g/mol. The van der Waals surface area contributed by atoms with Gasteiger partial charge in [-0.2, -0.15) is 0 Å². The van der Waals surface area contributed by atoms with Gasteiger partial charge in [-0.05, 0) is 46.6 Å². The summed E-state index contributed by atoms with van der Waals surface area (Å²) in [7, 11) is 0. The first-order valence-electron chi connectivity index (χ1n) is 10.4. The van der Waals surface area contributed by atoms with Gasteiger partial charge in [-0.25, -0.2) is 0 Å². The van der Waals surface area contributed by atoms with Crippen LogP contribution in [0, 0.1) is 6.85 Å². The van der Waals surface area contributed by atoms with Gasteiger partial charge in [0, 0.05) is 8.58 Å². The van der Waals surface area contributed by atoms with Crippen molar-refractivity contribution in [2.75, 3.05) is 0 Å². The van der Waals surface area contributed by atoms with Crippen molar-refractivity contribution < 1.29 is 13.7 Å². The molecule has 0 amide bonds. The maximum atomic E-state index is 8.49. The smallest absolute Gasteiger partial charge is 0.0579 e. The molecule has 0 radical (unpaired) electrons. The van der Waals surface area contributed by atoms with Crippen LogP contribution in [0.25, 0.3) is 11.1 Å². The third-order valence-electron chi connectivity index (χ3n) is 2.41. The lowest BCUT2D eigenvalue weighted by Gasteiger charge is -2.20. The zero-order valence-electron chi connectivity index (χ0n) is 20.4. The summed E-state index contributed by atoms with van der Waals surface area (Å²) in [5, 5.41) is 0. The van der Waals surface area contributed by atoms with E-state index in [-0.39, 0.29) is 16.1 Å². The molecular formula is C17H19Br. The number of rotatable bonds is 1. The van der Waals surface area contributed by atoms with Gasteiger partial charge in [-0.15, -0.1) is 0 Å². The molecule has 0 aliphatic heterocycles. The molecule has 2 rings (SSSR count). The van der Waals surface area contributed by atoms with Gasteiger partial charge in [-0.1, -0.05) is 66.9 Å². The molecule has 94 valence electrons. The summed E-state index contributed by atoms with van der Waals surface area (Å²) in [6, 6.07) is -3.25. The maximum Gasteiger partial charge on any atom is 0.0635 e. The Bertz CT molecular complexity index is 941. The van der Waals surface area contributed by atoms with E-state index in [2.05, 4.69) is 15.9 Å². The quantitative estimate of drug-likeness (QED) is 0.631. The SMILES string of the molecule is [2H]c1c([2H])c(-c2c([2H])c([2H])c(C(C)(C)C)c([2H])c2C([2H])([2H])[2H])c([2H])c([2H])c1Br. The van der Waals surface area contributed by atoms with Crippen molar-refractivity contribution in [3.8, 4) is 11.1 Å². The molecule has 0 aromatic heterocycles. The molecule has 2 aromatic carbocycles. The Morgan fingerprint density at radius 3 is 2.28 bits per heavy atom. The van der Waals surface area contributed by atoms with Gasteiger partial charge >= 0.3 is 0 Å². The molecule has 18 heavy (non-hydrogen) atoms. The molecule has 0 aliphatic carbocycles. The van der Waals surface area contributed by atoms with Crippen molar-refractivity contribution in [1.82, 2.24) is 0 Å². The molecule has 2 aromatic rings. The minimum absolute atomic E-state index is 0.0831. The van der Waals surface area contributed by atoms with Gasteiger partial charge in [0.05, 0.1) is 9.60 Å². The van der Waals surface area contributed by atoms with Crippen LogP contribution in [0.3, 0.4) is 0 Å². The van der Waals surface area contributed by atoms with Crippen LogP contribution in [0.2, 0.25) is 0 Å². The third kappa shape index (κ3) is 2.84.